The molecule has 0 atom stereocenters. The Balaban J connectivity index is 2.93. The van der Waals surface area contributed by atoms with E-state index in [1.54, 1.807) is 0 Å². The van der Waals surface area contributed by atoms with Gasteiger partial charge in [0.2, 0.25) is 0 Å². The van der Waals surface area contributed by atoms with Crippen LogP contribution in [0.2, 0.25) is 0 Å². The Bertz CT molecular complexity index is 588. The molecule has 82 valence electrons. The number of aryl methyl sites for hydroxylation is 1. The molecule has 0 fully saturated rings. The normalized spacial score (nSPS) is 11.0. The van der Waals surface area contributed by atoms with Crippen LogP contribution in [0.4, 0.5) is 0 Å². The van der Waals surface area contributed by atoms with Crippen molar-refractivity contribution in [2.75, 3.05) is 0 Å². The number of hydrogen-bond acceptors (Lipinski definition) is 1. The highest BCUT2D eigenvalue weighted by Gasteiger charge is 2.12. The van der Waals surface area contributed by atoms with Gasteiger partial charge in [0.05, 0.1) is 11.1 Å². The molecule has 2 rings (SSSR count). The highest BCUT2D eigenvalue weighted by atomic mass is 79.9. The van der Waals surface area contributed by atoms with E-state index < -0.39 is 0 Å². The molecule has 1 heterocycles. The zero-order valence-corrected chi connectivity index (χ0v) is 11.2. The molecule has 1 aromatic heterocycles. The highest BCUT2D eigenvalue weighted by molar-refractivity contribution is 9.10. The van der Waals surface area contributed by atoms with Crippen molar-refractivity contribution in [3.63, 3.8) is 0 Å². The van der Waals surface area contributed by atoms with Crippen LogP contribution in [0, 0.1) is 18.3 Å². The maximum Gasteiger partial charge on any atom is 0.101 e. The van der Waals surface area contributed by atoms with Gasteiger partial charge in [0.25, 0.3) is 0 Å². The topological polar surface area (TPSA) is 28.7 Å². The van der Waals surface area contributed by atoms with Gasteiger partial charge in [-0.15, -0.1) is 0 Å². The zero-order chi connectivity index (χ0) is 11.9. The van der Waals surface area contributed by atoms with E-state index in [9.17, 15) is 5.26 Å². The van der Waals surface area contributed by atoms with Crippen LogP contribution < -0.4 is 0 Å². The summed E-state index contributed by atoms with van der Waals surface area (Å²) in [4.78, 5) is 0. The summed E-state index contributed by atoms with van der Waals surface area (Å²) in [5.74, 6) is 0. The maximum atomic E-state index is 9.19. The first-order valence-corrected chi connectivity index (χ1v) is 6.04. The minimum Gasteiger partial charge on any atom is -0.344 e. The number of nitrogens with zero attached hydrogens (tertiary/aromatic N) is 2. The highest BCUT2D eigenvalue weighted by Crippen LogP contribution is 2.30. The molecule has 3 heteroatoms. The van der Waals surface area contributed by atoms with E-state index in [4.69, 9.17) is 0 Å². The van der Waals surface area contributed by atoms with Crippen LogP contribution in [0.25, 0.3) is 10.9 Å². The van der Waals surface area contributed by atoms with E-state index in [-0.39, 0.29) is 0 Å². The second-order valence-electron chi connectivity index (χ2n) is 4.27. The fourth-order valence-electron chi connectivity index (χ4n) is 2.01. The average Bonchev–Trinajstić information content (AvgIpc) is 2.55. The third kappa shape index (κ3) is 1.64. The van der Waals surface area contributed by atoms with Gasteiger partial charge >= 0.3 is 0 Å². The van der Waals surface area contributed by atoms with Crippen LogP contribution in [0.3, 0.4) is 0 Å². The van der Waals surface area contributed by atoms with E-state index in [0.717, 1.165) is 20.9 Å². The quantitative estimate of drug-likeness (QED) is 0.769. The third-order valence-corrected chi connectivity index (χ3v) is 3.23. The average molecular weight is 277 g/mol. The molecular weight excluding hydrogens is 264 g/mol. The summed E-state index contributed by atoms with van der Waals surface area (Å²) in [5.41, 5.74) is 2.98. The van der Waals surface area contributed by atoms with Gasteiger partial charge in [-0.1, -0.05) is 15.9 Å². The van der Waals surface area contributed by atoms with Crippen LogP contribution in [0.5, 0.6) is 0 Å². The predicted molar refractivity (Wildman–Crippen MR) is 69.5 cm³/mol. The summed E-state index contributed by atoms with van der Waals surface area (Å²) in [7, 11) is 0. The summed E-state index contributed by atoms with van der Waals surface area (Å²) in [6.07, 6.45) is 2.11. The van der Waals surface area contributed by atoms with Crippen molar-refractivity contribution in [2.24, 2.45) is 0 Å². The Morgan fingerprint density at radius 3 is 2.62 bits per heavy atom. The maximum absolute atomic E-state index is 9.19. The molecule has 0 aliphatic carbocycles. The van der Waals surface area contributed by atoms with Crippen LogP contribution in [0.1, 0.15) is 31.0 Å². The molecule has 0 bridgehead atoms. The lowest BCUT2D eigenvalue weighted by Gasteiger charge is -2.10. The molecule has 16 heavy (non-hydrogen) atoms. The number of hydrogen-bond donors (Lipinski definition) is 0. The minimum absolute atomic E-state index is 0.365. The number of benzene rings is 1. The lowest BCUT2D eigenvalue weighted by atomic mass is 10.1. The summed E-state index contributed by atoms with van der Waals surface area (Å²) in [5, 5.41) is 10.3. The molecule has 0 radical (unpaired) electrons. The number of rotatable bonds is 1. The van der Waals surface area contributed by atoms with Crippen molar-refractivity contribution in [1.29, 1.82) is 5.26 Å². The van der Waals surface area contributed by atoms with Gasteiger partial charge in [-0.2, -0.15) is 5.26 Å². The van der Waals surface area contributed by atoms with Crippen molar-refractivity contribution in [1.82, 2.24) is 4.57 Å². The van der Waals surface area contributed by atoms with Crippen molar-refractivity contribution in [2.45, 2.75) is 26.8 Å². The van der Waals surface area contributed by atoms with Gasteiger partial charge in [0, 0.05) is 22.1 Å². The van der Waals surface area contributed by atoms with E-state index >= 15 is 0 Å². The predicted octanol–water partition coefficient (Wildman–Crippen LogP) is 4.16. The largest absolute Gasteiger partial charge is 0.344 e. The van der Waals surface area contributed by atoms with Crippen molar-refractivity contribution >= 4 is 26.8 Å². The number of fused-ring (bicyclic) bond motifs is 1. The summed E-state index contributed by atoms with van der Waals surface area (Å²) < 4.78 is 3.12. The molecular formula is C13H13BrN2. The molecule has 0 amide bonds. The molecule has 0 saturated carbocycles. The zero-order valence-electron chi connectivity index (χ0n) is 9.58. The molecule has 1 aromatic carbocycles. The monoisotopic (exact) mass is 276 g/mol. The molecule has 0 unspecified atom stereocenters. The molecule has 2 aromatic rings. The Kier molecular flexibility index (Phi) is 2.77. The van der Waals surface area contributed by atoms with Gasteiger partial charge in [-0.3, -0.25) is 0 Å². The SMILES string of the molecule is Cc1cn(C(C)C)c2c(C#N)cc(Br)cc12. The van der Waals surface area contributed by atoms with Crippen molar-refractivity contribution in [3.05, 3.63) is 33.9 Å². The van der Waals surface area contributed by atoms with Crippen LogP contribution in [-0.4, -0.2) is 4.57 Å². The van der Waals surface area contributed by atoms with Gasteiger partial charge in [-0.05, 0) is 38.5 Å². The summed E-state index contributed by atoms with van der Waals surface area (Å²) >= 11 is 3.44. The molecule has 2 nitrogen and oxygen atoms in total. The molecule has 0 aliphatic heterocycles. The van der Waals surface area contributed by atoms with E-state index in [1.165, 1.54) is 5.56 Å². The first-order chi connectivity index (χ1) is 7.54. The second-order valence-corrected chi connectivity index (χ2v) is 5.19. The first-order valence-electron chi connectivity index (χ1n) is 5.25. The van der Waals surface area contributed by atoms with Crippen molar-refractivity contribution in [3.8, 4) is 6.07 Å². The Morgan fingerprint density at radius 2 is 2.06 bits per heavy atom. The van der Waals surface area contributed by atoms with Crippen LogP contribution in [0.15, 0.2) is 22.8 Å². The Hall–Kier alpha value is -1.27. The standard InChI is InChI=1S/C13H13BrN2/c1-8(2)16-7-9(3)12-5-11(14)4-10(6-15)13(12)16/h4-5,7-8H,1-3H3. The van der Waals surface area contributed by atoms with Gasteiger partial charge < -0.3 is 4.57 Å². The number of aromatic nitrogens is 1. The number of halogens is 1. The number of nitriles is 1. The van der Waals surface area contributed by atoms with E-state index in [1.807, 2.05) is 6.07 Å². The van der Waals surface area contributed by atoms with Crippen LogP contribution in [-0.2, 0) is 0 Å². The van der Waals surface area contributed by atoms with Crippen LogP contribution >= 0.6 is 15.9 Å². The summed E-state index contributed by atoms with van der Waals surface area (Å²) in [6, 6.07) is 6.58. The lowest BCUT2D eigenvalue weighted by molar-refractivity contribution is 0.621. The summed E-state index contributed by atoms with van der Waals surface area (Å²) in [6.45, 7) is 6.33. The fourth-order valence-corrected chi connectivity index (χ4v) is 2.47. The Morgan fingerprint density at radius 1 is 1.38 bits per heavy atom. The second kappa shape index (κ2) is 3.95. The van der Waals surface area contributed by atoms with Gasteiger partial charge in [-0.25, -0.2) is 0 Å². The van der Waals surface area contributed by atoms with Gasteiger partial charge in [0.15, 0.2) is 0 Å². The van der Waals surface area contributed by atoms with E-state index in [0.29, 0.717) is 6.04 Å². The molecule has 0 aliphatic rings. The third-order valence-electron chi connectivity index (χ3n) is 2.77. The van der Waals surface area contributed by atoms with Gasteiger partial charge in [0.1, 0.15) is 6.07 Å². The molecule has 0 spiro atoms. The minimum atomic E-state index is 0.365. The smallest absolute Gasteiger partial charge is 0.101 e. The lowest BCUT2D eigenvalue weighted by Crippen LogP contribution is -1.99. The fraction of sp³-hybridized carbons (Fsp3) is 0.308. The molecule has 0 saturated heterocycles. The molecule has 0 N–H and O–H groups in total. The Labute approximate surface area is 104 Å². The van der Waals surface area contributed by atoms with Crippen molar-refractivity contribution < 1.29 is 0 Å². The van der Waals surface area contributed by atoms with E-state index in [2.05, 4.69) is 59.6 Å². The first kappa shape index (κ1) is 11.2.